The number of hydrogen-bond donors (Lipinski definition) is 1. The zero-order valence-electron chi connectivity index (χ0n) is 10.5. The first kappa shape index (κ1) is 13.9. The van der Waals surface area contributed by atoms with Gasteiger partial charge in [-0.15, -0.1) is 0 Å². The number of para-hydroxylation sites is 2. The fourth-order valence-electron chi connectivity index (χ4n) is 1.91. The van der Waals surface area contributed by atoms with E-state index in [0.29, 0.717) is 0 Å². The maximum atomic E-state index is 13.5. The van der Waals surface area contributed by atoms with Gasteiger partial charge in [0.2, 0.25) is 0 Å². The van der Waals surface area contributed by atoms with Gasteiger partial charge < -0.3 is 0 Å². The Morgan fingerprint density at radius 3 is 2.76 bits per heavy atom. The van der Waals surface area contributed by atoms with Gasteiger partial charge >= 0.3 is 0 Å². The van der Waals surface area contributed by atoms with Crippen molar-refractivity contribution < 1.29 is 9.18 Å². The van der Waals surface area contributed by atoms with Gasteiger partial charge in [0.25, 0.3) is 5.91 Å². The van der Waals surface area contributed by atoms with Gasteiger partial charge in [0.1, 0.15) is 12.1 Å². The van der Waals surface area contributed by atoms with Crippen LogP contribution in [0.5, 0.6) is 0 Å². The summed E-state index contributed by atoms with van der Waals surface area (Å²) < 4.78 is 14.9. The van der Waals surface area contributed by atoms with E-state index in [2.05, 4.69) is 10.4 Å². The van der Waals surface area contributed by atoms with Gasteiger partial charge in [-0.3, -0.25) is 10.2 Å². The second-order valence-corrected chi connectivity index (χ2v) is 5.10. The molecule has 0 spiro atoms. The van der Waals surface area contributed by atoms with Crippen molar-refractivity contribution in [2.75, 3.05) is 5.43 Å². The van der Waals surface area contributed by atoms with E-state index >= 15 is 0 Å². The molecule has 1 amide bonds. The van der Waals surface area contributed by atoms with Gasteiger partial charge in [-0.05, 0) is 24.3 Å². The lowest BCUT2D eigenvalue weighted by Gasteiger charge is -2.09. The van der Waals surface area contributed by atoms with Crippen LogP contribution in [0.15, 0.2) is 42.7 Å². The molecule has 1 N–H and O–H groups in total. The molecule has 0 radical (unpaired) electrons. The zero-order valence-corrected chi connectivity index (χ0v) is 12.0. The quantitative estimate of drug-likeness (QED) is 0.728. The average molecular weight is 324 g/mol. The van der Waals surface area contributed by atoms with Crippen molar-refractivity contribution in [1.29, 1.82) is 0 Å². The molecule has 0 saturated carbocycles. The number of nitrogens with zero attached hydrogens (tertiary/aromatic N) is 2. The van der Waals surface area contributed by atoms with E-state index in [4.69, 9.17) is 23.2 Å². The number of amides is 1. The Labute approximate surface area is 129 Å². The molecule has 0 unspecified atom stereocenters. The van der Waals surface area contributed by atoms with Gasteiger partial charge in [0.15, 0.2) is 0 Å². The van der Waals surface area contributed by atoms with E-state index < -0.39 is 11.7 Å². The fraction of sp³-hybridized carbons (Fsp3) is 0. The van der Waals surface area contributed by atoms with Crippen molar-refractivity contribution in [1.82, 2.24) is 9.66 Å². The highest BCUT2D eigenvalue weighted by atomic mass is 35.5. The molecule has 0 saturated heterocycles. The summed E-state index contributed by atoms with van der Waals surface area (Å²) in [4.78, 5) is 16.3. The van der Waals surface area contributed by atoms with E-state index in [9.17, 15) is 9.18 Å². The van der Waals surface area contributed by atoms with Crippen LogP contribution in [0, 0.1) is 5.82 Å². The Hall–Kier alpha value is -2.11. The van der Waals surface area contributed by atoms with Crippen molar-refractivity contribution in [2.45, 2.75) is 0 Å². The normalized spacial score (nSPS) is 10.8. The van der Waals surface area contributed by atoms with Crippen LogP contribution in [0.3, 0.4) is 0 Å². The number of aromatic nitrogens is 2. The number of carbonyl (C=O) groups is 1. The van der Waals surface area contributed by atoms with Crippen molar-refractivity contribution >= 4 is 40.1 Å². The van der Waals surface area contributed by atoms with Gasteiger partial charge in [-0.1, -0.05) is 35.3 Å². The Morgan fingerprint density at radius 1 is 1.19 bits per heavy atom. The van der Waals surface area contributed by atoms with Crippen LogP contribution in [-0.2, 0) is 0 Å². The summed E-state index contributed by atoms with van der Waals surface area (Å²) >= 11 is 11.5. The maximum absolute atomic E-state index is 13.5. The highest BCUT2D eigenvalue weighted by molar-refractivity contribution is 6.37. The molecule has 1 aromatic heterocycles. The highest BCUT2D eigenvalue weighted by Crippen LogP contribution is 2.24. The second kappa shape index (κ2) is 5.35. The van der Waals surface area contributed by atoms with Crippen LogP contribution in [0.25, 0.3) is 11.0 Å². The van der Waals surface area contributed by atoms with Crippen LogP contribution in [0.1, 0.15) is 10.4 Å². The largest absolute Gasteiger partial charge is 0.271 e. The zero-order chi connectivity index (χ0) is 15.0. The van der Waals surface area contributed by atoms with Crippen molar-refractivity contribution in [3.63, 3.8) is 0 Å². The molecule has 0 atom stereocenters. The Kier molecular flexibility index (Phi) is 3.53. The van der Waals surface area contributed by atoms with Gasteiger partial charge in [0, 0.05) is 0 Å². The molecule has 0 aliphatic rings. The molecule has 106 valence electrons. The number of rotatable bonds is 2. The van der Waals surface area contributed by atoms with Gasteiger partial charge in [0.05, 0.1) is 26.6 Å². The Bertz CT molecular complexity index is 847. The summed E-state index contributed by atoms with van der Waals surface area (Å²) in [7, 11) is 0. The molecule has 3 rings (SSSR count). The molecule has 0 fully saturated rings. The lowest BCUT2D eigenvalue weighted by Crippen LogP contribution is -2.22. The Morgan fingerprint density at radius 2 is 1.95 bits per heavy atom. The summed E-state index contributed by atoms with van der Waals surface area (Å²) in [6.07, 6.45) is 1.46. The molecule has 2 aromatic carbocycles. The monoisotopic (exact) mass is 323 g/mol. The summed E-state index contributed by atoms with van der Waals surface area (Å²) in [5.41, 5.74) is 4.03. The number of hydrogen-bond acceptors (Lipinski definition) is 2. The van der Waals surface area contributed by atoms with Crippen LogP contribution in [-0.4, -0.2) is 15.6 Å². The summed E-state index contributed by atoms with van der Waals surface area (Å²) in [6, 6.07) is 9.46. The van der Waals surface area contributed by atoms with E-state index in [1.54, 1.807) is 6.07 Å². The maximum Gasteiger partial charge on any atom is 0.271 e. The van der Waals surface area contributed by atoms with Gasteiger partial charge in [-0.2, -0.15) is 0 Å². The predicted molar refractivity (Wildman–Crippen MR) is 79.8 cm³/mol. The number of fused-ring (bicyclic) bond motifs is 1. The first-order chi connectivity index (χ1) is 10.1. The minimum atomic E-state index is -0.707. The van der Waals surface area contributed by atoms with Crippen LogP contribution >= 0.6 is 23.2 Å². The molecule has 4 nitrogen and oxygen atoms in total. The van der Waals surface area contributed by atoms with Crippen LogP contribution in [0.2, 0.25) is 10.0 Å². The number of imidazole rings is 1. The number of halogens is 3. The van der Waals surface area contributed by atoms with Crippen LogP contribution < -0.4 is 5.43 Å². The molecular weight excluding hydrogens is 316 g/mol. The molecule has 0 bridgehead atoms. The molecule has 7 heteroatoms. The van der Waals surface area contributed by atoms with E-state index in [-0.39, 0.29) is 15.6 Å². The van der Waals surface area contributed by atoms with Crippen molar-refractivity contribution in [3.05, 3.63) is 64.2 Å². The average Bonchev–Trinajstić information content (AvgIpc) is 2.86. The second-order valence-electron chi connectivity index (χ2n) is 4.29. The topological polar surface area (TPSA) is 46.9 Å². The molecular formula is C14H8Cl2FN3O. The smallest absolute Gasteiger partial charge is 0.267 e. The predicted octanol–water partition coefficient (Wildman–Crippen LogP) is 3.87. The van der Waals surface area contributed by atoms with Crippen molar-refractivity contribution in [2.24, 2.45) is 0 Å². The molecule has 1 heterocycles. The SMILES string of the molecule is O=C(Nn1cnc2ccccc21)c1cc(F)c(Cl)cc1Cl. The first-order valence-electron chi connectivity index (χ1n) is 5.94. The van der Waals surface area contributed by atoms with Crippen molar-refractivity contribution in [3.8, 4) is 0 Å². The minimum Gasteiger partial charge on any atom is -0.267 e. The van der Waals surface area contributed by atoms with E-state index in [0.717, 1.165) is 17.1 Å². The molecule has 21 heavy (non-hydrogen) atoms. The number of nitrogens with one attached hydrogen (secondary N) is 1. The van der Waals surface area contributed by atoms with Crippen LogP contribution in [0.4, 0.5) is 4.39 Å². The number of benzene rings is 2. The molecule has 0 aliphatic carbocycles. The third-order valence-corrected chi connectivity index (χ3v) is 3.53. The lowest BCUT2D eigenvalue weighted by molar-refractivity contribution is 0.101. The third kappa shape index (κ3) is 2.57. The summed E-state index contributed by atoms with van der Waals surface area (Å²) in [5, 5.41) is -0.0621. The van der Waals surface area contributed by atoms with Gasteiger partial charge in [-0.25, -0.2) is 14.1 Å². The minimum absolute atomic E-state index is 0.00338. The highest BCUT2D eigenvalue weighted by Gasteiger charge is 2.15. The van der Waals surface area contributed by atoms with E-state index in [1.807, 2.05) is 18.2 Å². The molecule has 0 aliphatic heterocycles. The fourth-order valence-corrected chi connectivity index (χ4v) is 2.38. The lowest BCUT2D eigenvalue weighted by atomic mass is 10.2. The summed E-state index contributed by atoms with van der Waals surface area (Å²) in [6.45, 7) is 0. The third-order valence-electron chi connectivity index (χ3n) is 2.93. The number of carbonyl (C=O) groups excluding carboxylic acids is 1. The molecule has 3 aromatic rings. The standard InChI is InChI=1S/C14H8Cl2FN3O/c15-9-6-10(16)11(17)5-8(9)14(21)19-20-7-18-12-3-1-2-4-13(12)20/h1-7H,(H,19,21). The first-order valence-corrected chi connectivity index (χ1v) is 6.70. The van der Waals surface area contributed by atoms with E-state index in [1.165, 1.54) is 17.1 Å². The Balaban J connectivity index is 1.95. The summed E-state index contributed by atoms with van der Waals surface area (Å²) in [5.74, 6) is -1.26.